The predicted molar refractivity (Wildman–Crippen MR) is 69.9 cm³/mol. The maximum absolute atomic E-state index is 12.4. The van der Waals surface area contributed by atoms with Crippen molar-refractivity contribution in [3.63, 3.8) is 0 Å². The smallest absolute Gasteiger partial charge is 0.245 e. The zero-order valence-corrected chi connectivity index (χ0v) is 12.0. The second kappa shape index (κ2) is 3.97. The van der Waals surface area contributed by atoms with E-state index >= 15 is 0 Å². The number of rotatable bonds is 3. The Hall–Kier alpha value is -1.06. The summed E-state index contributed by atoms with van der Waals surface area (Å²) in [6.45, 7) is 10.9. The van der Waals surface area contributed by atoms with Gasteiger partial charge < -0.3 is 10.2 Å². The largest absolute Gasteiger partial charge is 0.343 e. The predicted octanol–water partition coefficient (Wildman–Crippen LogP) is 1.55. The quantitative estimate of drug-likeness (QED) is 0.828. The van der Waals surface area contributed by atoms with Crippen molar-refractivity contribution in [1.29, 1.82) is 0 Å². The van der Waals surface area contributed by atoms with Gasteiger partial charge in [-0.15, -0.1) is 0 Å². The van der Waals surface area contributed by atoms with E-state index in [2.05, 4.69) is 33.0 Å². The van der Waals surface area contributed by atoms with Crippen LogP contribution in [0.5, 0.6) is 0 Å². The molecule has 4 nitrogen and oxygen atoms in total. The molecule has 1 saturated carbocycles. The van der Waals surface area contributed by atoms with Gasteiger partial charge in [-0.3, -0.25) is 9.59 Å². The normalized spacial score (nSPS) is 30.3. The highest BCUT2D eigenvalue weighted by molar-refractivity contribution is 5.95. The summed E-state index contributed by atoms with van der Waals surface area (Å²) in [5.74, 6) is 0.0756. The van der Waals surface area contributed by atoms with Crippen LogP contribution < -0.4 is 5.32 Å². The SMILES string of the molecule is CCCC1NC(=O)CN(C2C(C)(C)C2(C)C)C1=O. The summed E-state index contributed by atoms with van der Waals surface area (Å²) in [5.41, 5.74) is 0.189. The summed E-state index contributed by atoms with van der Waals surface area (Å²) in [6, 6.07) is -0.133. The number of carbonyl (C=O) groups excluding carboxylic acids is 2. The molecule has 0 bridgehead atoms. The van der Waals surface area contributed by atoms with Crippen LogP contribution in [-0.4, -0.2) is 35.3 Å². The van der Waals surface area contributed by atoms with Gasteiger partial charge in [-0.25, -0.2) is 0 Å². The summed E-state index contributed by atoms with van der Waals surface area (Å²) in [4.78, 5) is 26.0. The van der Waals surface area contributed by atoms with Crippen molar-refractivity contribution in [3.05, 3.63) is 0 Å². The van der Waals surface area contributed by atoms with Crippen molar-refractivity contribution >= 4 is 11.8 Å². The van der Waals surface area contributed by atoms with Crippen LogP contribution in [0.15, 0.2) is 0 Å². The van der Waals surface area contributed by atoms with Crippen LogP contribution in [-0.2, 0) is 9.59 Å². The van der Waals surface area contributed by atoms with Gasteiger partial charge in [0.05, 0.1) is 6.54 Å². The van der Waals surface area contributed by atoms with Gasteiger partial charge in [-0.05, 0) is 17.3 Å². The van der Waals surface area contributed by atoms with Gasteiger partial charge in [0.25, 0.3) is 0 Å². The van der Waals surface area contributed by atoms with E-state index in [1.165, 1.54) is 0 Å². The van der Waals surface area contributed by atoms with E-state index in [4.69, 9.17) is 0 Å². The maximum Gasteiger partial charge on any atom is 0.245 e. The third-order valence-electron chi connectivity index (χ3n) is 5.06. The highest BCUT2D eigenvalue weighted by atomic mass is 16.2. The highest BCUT2D eigenvalue weighted by Crippen LogP contribution is 2.65. The number of carbonyl (C=O) groups is 2. The summed E-state index contributed by atoms with van der Waals surface area (Å²) in [7, 11) is 0. The minimum Gasteiger partial charge on any atom is -0.343 e. The van der Waals surface area contributed by atoms with Gasteiger partial charge in [0, 0.05) is 6.04 Å². The first-order valence-electron chi connectivity index (χ1n) is 6.83. The Morgan fingerprint density at radius 2 is 1.78 bits per heavy atom. The molecule has 18 heavy (non-hydrogen) atoms. The van der Waals surface area contributed by atoms with Crippen LogP contribution >= 0.6 is 0 Å². The molecule has 1 heterocycles. The molecule has 1 aliphatic heterocycles. The monoisotopic (exact) mass is 252 g/mol. The zero-order chi connectivity index (χ0) is 13.7. The Morgan fingerprint density at radius 1 is 1.22 bits per heavy atom. The van der Waals surface area contributed by atoms with Crippen molar-refractivity contribution in [2.24, 2.45) is 10.8 Å². The fourth-order valence-electron chi connectivity index (χ4n) is 3.38. The number of nitrogens with zero attached hydrogens (tertiary/aromatic N) is 1. The van der Waals surface area contributed by atoms with Crippen molar-refractivity contribution in [3.8, 4) is 0 Å². The van der Waals surface area contributed by atoms with Crippen LogP contribution in [0.4, 0.5) is 0 Å². The van der Waals surface area contributed by atoms with E-state index in [0.29, 0.717) is 0 Å². The Labute approximate surface area is 109 Å². The van der Waals surface area contributed by atoms with Crippen molar-refractivity contribution in [1.82, 2.24) is 10.2 Å². The molecule has 0 aromatic heterocycles. The van der Waals surface area contributed by atoms with E-state index < -0.39 is 0 Å². The second-order valence-corrected chi connectivity index (χ2v) is 6.72. The molecule has 1 aliphatic carbocycles. The molecule has 0 aromatic carbocycles. The summed E-state index contributed by atoms with van der Waals surface area (Å²) >= 11 is 0. The highest BCUT2D eigenvalue weighted by Gasteiger charge is 2.68. The molecule has 0 aromatic rings. The van der Waals surface area contributed by atoms with Gasteiger partial charge in [-0.2, -0.15) is 0 Å². The molecule has 2 amide bonds. The summed E-state index contributed by atoms with van der Waals surface area (Å²) < 4.78 is 0. The Balaban J connectivity index is 2.19. The minimum atomic E-state index is -0.316. The van der Waals surface area contributed by atoms with E-state index in [9.17, 15) is 9.59 Å². The van der Waals surface area contributed by atoms with Crippen LogP contribution in [0.1, 0.15) is 47.5 Å². The first kappa shape index (κ1) is 13.4. The van der Waals surface area contributed by atoms with E-state index in [0.717, 1.165) is 12.8 Å². The molecule has 4 heteroatoms. The van der Waals surface area contributed by atoms with Crippen LogP contribution in [0.25, 0.3) is 0 Å². The standard InChI is InChI=1S/C14H24N2O2/c1-6-7-9-11(18)16(8-10(17)15-9)12-13(2,3)14(12,4)5/h9,12H,6-8H2,1-5H3,(H,15,17). The molecular weight excluding hydrogens is 228 g/mol. The fourth-order valence-corrected chi connectivity index (χ4v) is 3.38. The van der Waals surface area contributed by atoms with Gasteiger partial charge in [0.2, 0.25) is 11.8 Å². The lowest BCUT2D eigenvalue weighted by Gasteiger charge is -2.34. The molecule has 2 rings (SSSR count). The molecule has 1 unspecified atom stereocenters. The van der Waals surface area contributed by atoms with Crippen LogP contribution in [0.3, 0.4) is 0 Å². The average Bonchev–Trinajstić information content (AvgIpc) is 2.64. The van der Waals surface area contributed by atoms with Crippen molar-refractivity contribution in [2.45, 2.75) is 59.5 Å². The van der Waals surface area contributed by atoms with Crippen molar-refractivity contribution in [2.75, 3.05) is 6.54 Å². The van der Waals surface area contributed by atoms with Gasteiger partial charge >= 0.3 is 0 Å². The fraction of sp³-hybridized carbons (Fsp3) is 0.857. The lowest BCUT2D eigenvalue weighted by molar-refractivity contribution is -0.145. The average molecular weight is 252 g/mol. The Morgan fingerprint density at radius 3 is 2.22 bits per heavy atom. The summed E-state index contributed by atoms with van der Waals surface area (Å²) in [5, 5.41) is 2.80. The lowest BCUT2D eigenvalue weighted by Crippen LogP contribution is -2.59. The number of nitrogens with one attached hydrogen (secondary N) is 1. The Kier molecular flexibility index (Phi) is 2.95. The zero-order valence-electron chi connectivity index (χ0n) is 12.0. The maximum atomic E-state index is 12.4. The van der Waals surface area contributed by atoms with E-state index in [-0.39, 0.29) is 41.3 Å². The number of hydrogen-bond donors (Lipinski definition) is 1. The molecule has 0 radical (unpaired) electrons. The molecule has 1 atom stereocenters. The topological polar surface area (TPSA) is 49.4 Å². The number of piperazine rings is 1. The second-order valence-electron chi connectivity index (χ2n) is 6.72. The lowest BCUT2D eigenvalue weighted by atomic mass is 10.0. The number of amides is 2. The van der Waals surface area contributed by atoms with E-state index in [1.54, 1.807) is 4.90 Å². The van der Waals surface area contributed by atoms with Gasteiger partial charge in [0.1, 0.15) is 6.04 Å². The van der Waals surface area contributed by atoms with Crippen LogP contribution in [0, 0.1) is 10.8 Å². The summed E-state index contributed by atoms with van der Waals surface area (Å²) in [6.07, 6.45) is 1.64. The minimum absolute atomic E-state index is 0.0217. The third-order valence-corrected chi connectivity index (χ3v) is 5.06. The third kappa shape index (κ3) is 1.73. The molecule has 2 aliphatic rings. The van der Waals surface area contributed by atoms with E-state index in [1.807, 2.05) is 6.92 Å². The van der Waals surface area contributed by atoms with Crippen molar-refractivity contribution < 1.29 is 9.59 Å². The van der Waals surface area contributed by atoms with Gasteiger partial charge in [0.15, 0.2) is 0 Å². The molecular formula is C14H24N2O2. The van der Waals surface area contributed by atoms with Gasteiger partial charge in [-0.1, -0.05) is 41.0 Å². The molecule has 1 saturated heterocycles. The molecule has 0 spiro atoms. The molecule has 2 fully saturated rings. The van der Waals surface area contributed by atoms with Crippen LogP contribution in [0.2, 0.25) is 0 Å². The number of hydrogen-bond acceptors (Lipinski definition) is 2. The Bertz CT molecular complexity index is 373. The molecule has 102 valence electrons. The first-order valence-corrected chi connectivity index (χ1v) is 6.83. The molecule has 1 N–H and O–H groups in total. The first-order chi connectivity index (χ1) is 8.23.